The molecule has 0 bridgehead atoms. The highest BCUT2D eigenvalue weighted by Crippen LogP contribution is 2.35. The molecule has 0 radical (unpaired) electrons. The van der Waals surface area contributed by atoms with Crippen LogP contribution in [0.3, 0.4) is 0 Å². The number of ether oxygens (including phenoxy) is 1. The maximum Gasteiger partial charge on any atom is 0.407 e. The van der Waals surface area contributed by atoms with E-state index in [0.717, 1.165) is 32.2 Å². The van der Waals surface area contributed by atoms with Crippen molar-refractivity contribution in [2.45, 2.75) is 35.8 Å². The van der Waals surface area contributed by atoms with Gasteiger partial charge in [-0.1, -0.05) is 22.6 Å². The third-order valence-electron chi connectivity index (χ3n) is 3.28. The smallest absolute Gasteiger partial charge is 0.407 e. The molecular formula is C11H17IN2O3. The molecule has 1 aliphatic carbocycles. The minimum absolute atomic E-state index is 0.0507. The van der Waals surface area contributed by atoms with Crippen LogP contribution in [0, 0.1) is 5.92 Å². The molecule has 1 unspecified atom stereocenters. The summed E-state index contributed by atoms with van der Waals surface area (Å²) in [5, 5.41) is 2.67. The van der Waals surface area contributed by atoms with Gasteiger partial charge in [0.15, 0.2) is 0 Å². The van der Waals surface area contributed by atoms with Gasteiger partial charge in [-0.25, -0.2) is 4.79 Å². The lowest BCUT2D eigenvalue weighted by molar-refractivity contribution is -0.133. The van der Waals surface area contributed by atoms with Gasteiger partial charge in [0.25, 0.3) is 0 Å². The summed E-state index contributed by atoms with van der Waals surface area (Å²) in [6.07, 6.45) is 3.61. The molecule has 1 saturated carbocycles. The molecule has 2 fully saturated rings. The summed E-state index contributed by atoms with van der Waals surface area (Å²) in [5.74, 6) is 0.348. The van der Waals surface area contributed by atoms with Gasteiger partial charge in [0.05, 0.1) is 11.2 Å². The van der Waals surface area contributed by atoms with Gasteiger partial charge in [0.2, 0.25) is 5.91 Å². The predicted octanol–water partition coefficient (Wildman–Crippen LogP) is 1.50. The van der Waals surface area contributed by atoms with Gasteiger partial charge in [-0.2, -0.15) is 0 Å². The number of methoxy groups -OCH3 is 1. The first-order valence-electron chi connectivity index (χ1n) is 5.92. The molecule has 5 nitrogen and oxygen atoms in total. The standard InChI is InChI=1S/C11H17IN2O3/c1-17-11(16)13-9(7-4-5-7)10(15)14-6-2-3-8(14)12/h7-9H,2-6H2,1H3,(H,13,16)/t8-,9?/m0/s1. The van der Waals surface area contributed by atoms with Crippen LogP contribution in [0.1, 0.15) is 25.7 Å². The molecule has 0 aromatic carbocycles. The van der Waals surface area contributed by atoms with Crippen LogP contribution in [-0.4, -0.2) is 40.6 Å². The number of nitrogens with zero attached hydrogens (tertiary/aromatic N) is 1. The van der Waals surface area contributed by atoms with Crippen LogP contribution in [0.5, 0.6) is 0 Å². The normalized spacial score (nSPS) is 25.5. The average molecular weight is 352 g/mol. The number of hydrogen-bond acceptors (Lipinski definition) is 3. The Labute approximate surface area is 114 Å². The summed E-state index contributed by atoms with van der Waals surface area (Å²) in [6, 6.07) is -0.391. The minimum Gasteiger partial charge on any atom is -0.453 e. The van der Waals surface area contributed by atoms with Gasteiger partial charge >= 0.3 is 6.09 Å². The Kier molecular flexibility index (Phi) is 4.11. The average Bonchev–Trinajstić information content (AvgIpc) is 3.07. The van der Waals surface area contributed by atoms with E-state index < -0.39 is 12.1 Å². The number of nitrogens with one attached hydrogen (secondary N) is 1. The summed E-state index contributed by atoms with van der Waals surface area (Å²) in [5.41, 5.74) is 0. The van der Waals surface area contributed by atoms with Crippen molar-refractivity contribution in [1.29, 1.82) is 0 Å². The molecule has 0 spiro atoms. The summed E-state index contributed by atoms with van der Waals surface area (Å²) < 4.78 is 4.84. The first-order chi connectivity index (χ1) is 8.13. The van der Waals surface area contributed by atoms with Gasteiger partial charge in [0, 0.05) is 6.54 Å². The molecule has 2 aliphatic rings. The van der Waals surface area contributed by atoms with Crippen molar-refractivity contribution < 1.29 is 14.3 Å². The summed E-state index contributed by atoms with van der Waals surface area (Å²) in [4.78, 5) is 25.5. The topological polar surface area (TPSA) is 58.6 Å². The monoisotopic (exact) mass is 352 g/mol. The third-order valence-corrected chi connectivity index (χ3v) is 4.58. The number of alkyl halides is 1. The first-order valence-corrected chi connectivity index (χ1v) is 7.17. The van der Waals surface area contributed by atoms with Crippen molar-refractivity contribution in [2.24, 2.45) is 5.92 Å². The zero-order chi connectivity index (χ0) is 12.4. The van der Waals surface area contributed by atoms with Crippen molar-refractivity contribution in [1.82, 2.24) is 10.2 Å². The SMILES string of the molecule is COC(=O)NC(C(=O)N1CCC[C@H]1I)C1CC1. The van der Waals surface area contributed by atoms with E-state index in [9.17, 15) is 9.59 Å². The zero-order valence-electron chi connectivity index (χ0n) is 9.82. The Morgan fingerprint density at radius 3 is 2.59 bits per heavy atom. The lowest BCUT2D eigenvalue weighted by Gasteiger charge is -2.26. The first kappa shape index (κ1) is 12.9. The van der Waals surface area contributed by atoms with Crippen molar-refractivity contribution in [3.63, 3.8) is 0 Å². The van der Waals surface area contributed by atoms with E-state index in [1.807, 2.05) is 4.90 Å². The van der Waals surface area contributed by atoms with Crippen LogP contribution in [0.25, 0.3) is 0 Å². The van der Waals surface area contributed by atoms with Gasteiger partial charge in [-0.3, -0.25) is 4.79 Å². The van der Waals surface area contributed by atoms with E-state index in [4.69, 9.17) is 0 Å². The number of halogens is 1. The molecule has 1 heterocycles. The predicted molar refractivity (Wildman–Crippen MR) is 70.8 cm³/mol. The van der Waals surface area contributed by atoms with E-state index in [1.54, 1.807) is 0 Å². The summed E-state index contributed by atoms with van der Waals surface area (Å²) in [6.45, 7) is 0.804. The Morgan fingerprint density at radius 2 is 2.12 bits per heavy atom. The number of carbonyl (C=O) groups is 2. The van der Waals surface area contributed by atoms with E-state index in [2.05, 4.69) is 32.6 Å². The highest BCUT2D eigenvalue weighted by atomic mass is 127. The Morgan fingerprint density at radius 1 is 1.41 bits per heavy atom. The van der Waals surface area contributed by atoms with E-state index >= 15 is 0 Å². The Hall–Kier alpha value is -0.530. The number of amides is 2. The molecular weight excluding hydrogens is 335 g/mol. The van der Waals surface area contributed by atoms with Crippen molar-refractivity contribution in [3.05, 3.63) is 0 Å². The van der Waals surface area contributed by atoms with Crippen LogP contribution >= 0.6 is 22.6 Å². The number of hydrogen-bond donors (Lipinski definition) is 1. The highest BCUT2D eigenvalue weighted by molar-refractivity contribution is 14.1. The van der Waals surface area contributed by atoms with Gasteiger partial charge < -0.3 is 15.0 Å². The molecule has 0 aromatic rings. The molecule has 6 heteroatoms. The number of carbonyl (C=O) groups excluding carboxylic acids is 2. The number of rotatable bonds is 3. The second-order valence-corrected chi connectivity index (χ2v) is 6.00. The molecule has 17 heavy (non-hydrogen) atoms. The van der Waals surface area contributed by atoms with Crippen LogP contribution < -0.4 is 5.32 Å². The fraction of sp³-hybridized carbons (Fsp3) is 0.818. The van der Waals surface area contributed by atoms with Crippen LogP contribution in [0.2, 0.25) is 0 Å². The van der Waals surface area contributed by atoms with Crippen molar-refractivity contribution >= 4 is 34.6 Å². The lowest BCUT2D eigenvalue weighted by Crippen LogP contribution is -2.50. The molecule has 1 aliphatic heterocycles. The second-order valence-electron chi connectivity index (χ2n) is 4.56. The summed E-state index contributed by atoms with van der Waals surface area (Å²) in [7, 11) is 1.32. The maximum absolute atomic E-state index is 12.3. The van der Waals surface area contributed by atoms with Crippen LogP contribution in [-0.2, 0) is 9.53 Å². The highest BCUT2D eigenvalue weighted by Gasteiger charge is 2.41. The quantitative estimate of drug-likeness (QED) is 0.476. The van der Waals surface area contributed by atoms with Gasteiger partial charge in [-0.05, 0) is 31.6 Å². The molecule has 96 valence electrons. The number of likely N-dealkylation sites (tertiary alicyclic amines) is 1. The minimum atomic E-state index is -0.514. The molecule has 2 amide bonds. The van der Waals surface area contributed by atoms with Gasteiger partial charge in [-0.15, -0.1) is 0 Å². The maximum atomic E-state index is 12.3. The summed E-state index contributed by atoms with van der Waals surface area (Å²) >= 11 is 2.29. The van der Waals surface area contributed by atoms with Crippen LogP contribution in [0.15, 0.2) is 0 Å². The fourth-order valence-corrected chi connectivity index (χ4v) is 3.14. The van der Waals surface area contributed by atoms with Crippen molar-refractivity contribution in [2.75, 3.05) is 13.7 Å². The van der Waals surface area contributed by atoms with Crippen LogP contribution in [0.4, 0.5) is 4.79 Å². The molecule has 2 rings (SSSR count). The van der Waals surface area contributed by atoms with Crippen molar-refractivity contribution in [3.8, 4) is 0 Å². The van der Waals surface area contributed by atoms with Gasteiger partial charge in [0.1, 0.15) is 6.04 Å². The largest absolute Gasteiger partial charge is 0.453 e. The zero-order valence-corrected chi connectivity index (χ0v) is 12.0. The molecule has 0 aromatic heterocycles. The molecule has 1 saturated heterocycles. The van der Waals surface area contributed by atoms with E-state index in [-0.39, 0.29) is 9.96 Å². The van der Waals surface area contributed by atoms with E-state index in [1.165, 1.54) is 7.11 Å². The fourth-order valence-electron chi connectivity index (χ4n) is 2.15. The Balaban J connectivity index is 1.99. The second kappa shape index (κ2) is 5.41. The number of alkyl carbamates (subject to hydrolysis) is 1. The molecule has 1 N–H and O–H groups in total. The third kappa shape index (κ3) is 3.02. The Bertz CT molecular complexity index is 320. The van der Waals surface area contributed by atoms with E-state index in [0.29, 0.717) is 5.92 Å². The molecule has 2 atom stereocenters. The lowest BCUT2D eigenvalue weighted by atomic mass is 10.1.